The zero-order valence-electron chi connectivity index (χ0n) is 22.1. The predicted molar refractivity (Wildman–Crippen MR) is 151 cm³/mol. The average molecular weight is 563 g/mol. The molecular weight excluding hydrogens is 529 g/mol. The van der Waals surface area contributed by atoms with Gasteiger partial charge < -0.3 is 15.7 Å². The number of unbranched alkanes of at least 4 members (excludes halogenated alkanes) is 3. The maximum absolute atomic E-state index is 13.0. The second-order valence-electron chi connectivity index (χ2n) is 9.16. The number of halogens is 4. The van der Waals surface area contributed by atoms with E-state index in [0.29, 0.717) is 34.0 Å². The van der Waals surface area contributed by atoms with Crippen molar-refractivity contribution in [3.8, 4) is 0 Å². The largest absolute Gasteiger partial charge is 0.480 e. The minimum atomic E-state index is -4.43. The number of carbonyl (C=O) groups excluding carboxylic acids is 1. The highest BCUT2D eigenvalue weighted by molar-refractivity contribution is 6.31. The topological polar surface area (TPSA) is 78.4 Å². The van der Waals surface area contributed by atoms with Crippen LogP contribution < -0.4 is 10.6 Å². The second-order valence-corrected chi connectivity index (χ2v) is 9.60. The number of carboxylic acid groups (broad SMARTS) is 1. The van der Waals surface area contributed by atoms with Crippen LogP contribution in [-0.2, 0) is 11.0 Å². The minimum Gasteiger partial charge on any atom is -0.480 e. The smallest absolute Gasteiger partial charge is 0.416 e. The highest BCUT2D eigenvalue weighted by Gasteiger charge is 2.30. The Bertz CT molecular complexity index is 1200. The molecule has 0 saturated carbocycles. The van der Waals surface area contributed by atoms with Gasteiger partial charge in [-0.25, -0.2) is 4.79 Å². The molecule has 0 aliphatic heterocycles. The van der Waals surface area contributed by atoms with Gasteiger partial charge in [0.2, 0.25) is 0 Å². The summed E-state index contributed by atoms with van der Waals surface area (Å²) in [5, 5.41) is 15.9. The summed E-state index contributed by atoms with van der Waals surface area (Å²) in [5.41, 5.74) is 1.79. The van der Waals surface area contributed by atoms with E-state index < -0.39 is 29.7 Å². The lowest BCUT2D eigenvalue weighted by molar-refractivity contribution is -0.139. The molecule has 0 aliphatic rings. The van der Waals surface area contributed by atoms with Gasteiger partial charge in [-0.3, -0.25) is 4.79 Å². The first kappa shape index (κ1) is 31.7. The number of rotatable bonds is 14. The van der Waals surface area contributed by atoms with Gasteiger partial charge in [0.15, 0.2) is 0 Å². The van der Waals surface area contributed by atoms with Crippen LogP contribution >= 0.6 is 11.6 Å². The summed E-state index contributed by atoms with van der Waals surface area (Å²) in [7, 11) is 0. The fraction of sp³-hybridized carbons (Fsp3) is 0.333. The molecule has 1 amide bonds. The molecule has 39 heavy (non-hydrogen) atoms. The highest BCUT2D eigenvalue weighted by Crippen LogP contribution is 2.30. The van der Waals surface area contributed by atoms with Gasteiger partial charge in [0.1, 0.15) is 6.04 Å². The summed E-state index contributed by atoms with van der Waals surface area (Å²) < 4.78 is 38.5. The van der Waals surface area contributed by atoms with Crippen molar-refractivity contribution in [1.82, 2.24) is 5.32 Å². The van der Waals surface area contributed by atoms with Crippen molar-refractivity contribution in [1.29, 1.82) is 0 Å². The van der Waals surface area contributed by atoms with E-state index in [-0.39, 0.29) is 12.0 Å². The molecule has 0 heterocycles. The lowest BCUT2D eigenvalue weighted by Crippen LogP contribution is -2.41. The van der Waals surface area contributed by atoms with Gasteiger partial charge in [-0.05, 0) is 61.2 Å². The van der Waals surface area contributed by atoms with Crippen molar-refractivity contribution in [3.05, 3.63) is 94.6 Å². The van der Waals surface area contributed by atoms with Crippen LogP contribution in [0, 0.1) is 0 Å². The number of aliphatic carboxylic acids is 1. The Balaban J connectivity index is 2.14. The van der Waals surface area contributed by atoms with Crippen molar-refractivity contribution in [3.63, 3.8) is 0 Å². The third kappa shape index (κ3) is 10.3. The van der Waals surface area contributed by atoms with Crippen LogP contribution in [-0.4, -0.2) is 29.6 Å². The summed E-state index contributed by atoms with van der Waals surface area (Å²) in [6.07, 6.45) is 4.60. The fourth-order valence-electron chi connectivity index (χ4n) is 3.83. The first-order valence-electron chi connectivity index (χ1n) is 12.7. The first-order chi connectivity index (χ1) is 18.5. The van der Waals surface area contributed by atoms with Gasteiger partial charge in [-0.15, -0.1) is 0 Å². The van der Waals surface area contributed by atoms with Crippen LogP contribution in [0.5, 0.6) is 0 Å². The number of anilines is 1. The molecule has 0 aromatic heterocycles. The van der Waals surface area contributed by atoms with E-state index in [1.165, 1.54) is 24.3 Å². The maximum atomic E-state index is 13.0. The Morgan fingerprint density at radius 2 is 1.77 bits per heavy atom. The Morgan fingerprint density at radius 3 is 2.36 bits per heavy atom. The van der Waals surface area contributed by atoms with Crippen LogP contribution in [0.4, 0.5) is 18.9 Å². The van der Waals surface area contributed by atoms with Crippen LogP contribution in [0.3, 0.4) is 0 Å². The maximum Gasteiger partial charge on any atom is 0.416 e. The number of carboxylic acids is 1. The average Bonchev–Trinajstić information content (AvgIpc) is 2.88. The van der Waals surface area contributed by atoms with Gasteiger partial charge in [0, 0.05) is 17.3 Å². The lowest BCUT2D eigenvalue weighted by atomic mass is 10.0. The number of hydrogen-bond acceptors (Lipinski definition) is 3. The molecule has 2 aromatic carbocycles. The quantitative estimate of drug-likeness (QED) is 0.160. The standard InChI is InChI=1S/C30H34ClF3N2O3/c1-4-6-7-8-17-35-26-16-15-24(31)19-25(26)28(37)36-27(29(38)39)18-20(3)9-10-21(5-2)22-11-13-23(14-12-22)30(32,33)34/h5,9-16,19,27,35H,2,4,6-8,17-18H2,1,3H3,(H,36,37)(H,38,39)/b20-9+,21-10+/t27-/m0/s1. The van der Waals surface area contributed by atoms with E-state index in [4.69, 9.17) is 11.6 Å². The van der Waals surface area contributed by atoms with Crippen molar-refractivity contribution >= 4 is 34.7 Å². The molecule has 1 atom stereocenters. The van der Waals surface area contributed by atoms with Gasteiger partial charge in [-0.2, -0.15) is 13.2 Å². The number of carbonyl (C=O) groups is 2. The number of alkyl halides is 3. The second kappa shape index (κ2) is 15.2. The van der Waals surface area contributed by atoms with E-state index >= 15 is 0 Å². The number of amides is 1. The molecule has 2 rings (SSSR count). The minimum absolute atomic E-state index is 0.00928. The Kier molecular flexibility index (Phi) is 12.3. The number of hydrogen-bond donors (Lipinski definition) is 3. The first-order valence-corrected chi connectivity index (χ1v) is 13.1. The van der Waals surface area contributed by atoms with E-state index in [9.17, 15) is 27.9 Å². The molecule has 0 bridgehead atoms. The van der Waals surface area contributed by atoms with E-state index in [2.05, 4.69) is 24.1 Å². The van der Waals surface area contributed by atoms with Gasteiger partial charge in [0.05, 0.1) is 11.1 Å². The summed E-state index contributed by atoms with van der Waals surface area (Å²) in [5.74, 6) is -1.77. The lowest BCUT2D eigenvalue weighted by Gasteiger charge is -2.17. The van der Waals surface area contributed by atoms with E-state index in [0.717, 1.165) is 37.8 Å². The zero-order chi connectivity index (χ0) is 29.0. The molecule has 9 heteroatoms. The molecular formula is C30H34ClF3N2O3. The monoisotopic (exact) mass is 562 g/mol. The third-order valence-corrected chi connectivity index (χ3v) is 6.25. The van der Waals surface area contributed by atoms with E-state index in [1.807, 2.05) is 0 Å². The number of nitrogens with one attached hydrogen (secondary N) is 2. The van der Waals surface area contributed by atoms with Gasteiger partial charge in [-0.1, -0.05) is 80.3 Å². The molecule has 2 aromatic rings. The zero-order valence-corrected chi connectivity index (χ0v) is 22.8. The normalized spacial score (nSPS) is 13.1. The Hall–Kier alpha value is -3.52. The molecule has 0 aliphatic carbocycles. The molecule has 3 N–H and O–H groups in total. The molecule has 0 unspecified atom stereocenters. The molecule has 0 saturated heterocycles. The van der Waals surface area contributed by atoms with Gasteiger partial charge >= 0.3 is 12.1 Å². The van der Waals surface area contributed by atoms with Crippen LogP contribution in [0.1, 0.15) is 67.4 Å². The van der Waals surface area contributed by atoms with Crippen LogP contribution in [0.15, 0.2) is 72.8 Å². The van der Waals surface area contributed by atoms with Crippen molar-refractivity contribution in [2.45, 2.75) is 58.2 Å². The number of allylic oxidation sites excluding steroid dienone is 4. The SMILES string of the molecule is C=C/C(=C\C=C(/C)C[C@H](NC(=O)c1cc(Cl)ccc1NCCCCCC)C(=O)O)c1ccc(C(F)(F)F)cc1. The van der Waals surface area contributed by atoms with Crippen molar-refractivity contribution in [2.24, 2.45) is 0 Å². The van der Waals surface area contributed by atoms with E-state index in [1.54, 1.807) is 31.2 Å². The summed E-state index contributed by atoms with van der Waals surface area (Å²) in [6.45, 7) is 8.21. The van der Waals surface area contributed by atoms with Crippen molar-refractivity contribution < 1.29 is 27.9 Å². The summed E-state index contributed by atoms with van der Waals surface area (Å²) in [6, 6.07) is 8.32. The summed E-state index contributed by atoms with van der Waals surface area (Å²) >= 11 is 6.11. The fourth-order valence-corrected chi connectivity index (χ4v) is 4.00. The predicted octanol–water partition coefficient (Wildman–Crippen LogP) is 8.14. The molecule has 210 valence electrons. The Morgan fingerprint density at radius 1 is 1.08 bits per heavy atom. The molecule has 0 fully saturated rings. The van der Waals surface area contributed by atoms with Crippen LogP contribution in [0.2, 0.25) is 5.02 Å². The molecule has 5 nitrogen and oxygen atoms in total. The highest BCUT2D eigenvalue weighted by atomic mass is 35.5. The molecule has 0 radical (unpaired) electrons. The van der Waals surface area contributed by atoms with Crippen LogP contribution in [0.25, 0.3) is 5.57 Å². The van der Waals surface area contributed by atoms with Crippen molar-refractivity contribution in [2.75, 3.05) is 11.9 Å². The number of benzene rings is 2. The summed E-state index contributed by atoms with van der Waals surface area (Å²) in [4.78, 5) is 25.0. The van der Waals surface area contributed by atoms with Gasteiger partial charge in [0.25, 0.3) is 5.91 Å². The Labute approximate surface area is 232 Å². The molecule has 0 spiro atoms. The third-order valence-electron chi connectivity index (χ3n) is 6.01.